The highest BCUT2D eigenvalue weighted by atomic mass is 16.2. The molecule has 3 atom stereocenters. The lowest BCUT2D eigenvalue weighted by Crippen LogP contribution is -2.59. The average Bonchev–Trinajstić information content (AvgIpc) is 3.26. The van der Waals surface area contributed by atoms with Crippen molar-refractivity contribution in [1.29, 1.82) is 0 Å². The van der Waals surface area contributed by atoms with Crippen molar-refractivity contribution < 1.29 is 14.4 Å². The third-order valence-corrected chi connectivity index (χ3v) is 7.50. The number of likely N-dealkylation sites (tertiary alicyclic amines) is 1. The van der Waals surface area contributed by atoms with Crippen molar-refractivity contribution in [1.82, 2.24) is 20.4 Å². The summed E-state index contributed by atoms with van der Waals surface area (Å²) in [5.41, 5.74) is -0.409. The van der Waals surface area contributed by atoms with Gasteiger partial charge in [-0.15, -0.1) is 0 Å². The van der Waals surface area contributed by atoms with Gasteiger partial charge in [0.2, 0.25) is 17.7 Å². The van der Waals surface area contributed by atoms with Gasteiger partial charge in [0.25, 0.3) is 0 Å². The summed E-state index contributed by atoms with van der Waals surface area (Å²) >= 11 is 0. The normalized spacial score (nSPS) is 21.5. The zero-order valence-electron chi connectivity index (χ0n) is 21.9. The summed E-state index contributed by atoms with van der Waals surface area (Å²) in [6, 6.07) is -0.948. The van der Waals surface area contributed by atoms with Crippen molar-refractivity contribution in [2.24, 2.45) is 11.3 Å². The van der Waals surface area contributed by atoms with E-state index in [4.69, 9.17) is 0 Å². The van der Waals surface area contributed by atoms with Gasteiger partial charge in [-0.25, -0.2) is 0 Å². The molecule has 1 aliphatic heterocycles. The topological polar surface area (TPSA) is 81.8 Å². The molecule has 0 spiro atoms. The lowest BCUT2D eigenvalue weighted by atomic mass is 9.85. The molecule has 0 aromatic heterocycles. The fraction of sp³-hybridized carbons (Fsp3) is 0.885. The zero-order valence-corrected chi connectivity index (χ0v) is 21.9. The Morgan fingerprint density at radius 1 is 1.06 bits per heavy atom. The molecule has 2 rings (SSSR count). The molecule has 1 saturated carbocycles. The number of hydrogen-bond acceptors (Lipinski definition) is 4. The third kappa shape index (κ3) is 7.97. The predicted molar refractivity (Wildman–Crippen MR) is 133 cm³/mol. The number of nitrogens with one attached hydrogen (secondary N) is 2. The van der Waals surface area contributed by atoms with E-state index in [0.717, 1.165) is 31.7 Å². The van der Waals surface area contributed by atoms with Crippen molar-refractivity contribution in [3.8, 4) is 0 Å². The van der Waals surface area contributed by atoms with Crippen molar-refractivity contribution in [2.75, 3.05) is 26.7 Å². The van der Waals surface area contributed by atoms with Crippen LogP contribution in [0.25, 0.3) is 0 Å². The van der Waals surface area contributed by atoms with Crippen LogP contribution in [0.5, 0.6) is 0 Å². The molecule has 33 heavy (non-hydrogen) atoms. The second kappa shape index (κ2) is 12.7. The summed E-state index contributed by atoms with van der Waals surface area (Å²) in [7, 11) is 1.74. The first-order valence-corrected chi connectivity index (χ1v) is 13.1. The smallest absolute Gasteiger partial charge is 0.246 e. The Labute approximate surface area is 201 Å². The maximum absolute atomic E-state index is 13.7. The molecular weight excluding hydrogens is 416 g/mol. The van der Waals surface area contributed by atoms with Gasteiger partial charge in [-0.05, 0) is 44.6 Å². The molecule has 7 nitrogen and oxygen atoms in total. The molecule has 0 aromatic carbocycles. The largest absolute Gasteiger partial charge is 0.342 e. The summed E-state index contributed by atoms with van der Waals surface area (Å²) in [5, 5.41) is 5.93. The molecule has 2 N–H and O–H groups in total. The number of nitrogens with zero attached hydrogens (tertiary/aromatic N) is 2. The molecule has 0 aromatic rings. The minimum atomic E-state index is -0.598. The second-order valence-corrected chi connectivity index (χ2v) is 11.1. The van der Waals surface area contributed by atoms with Gasteiger partial charge in [0, 0.05) is 32.1 Å². The van der Waals surface area contributed by atoms with Crippen molar-refractivity contribution in [3.63, 3.8) is 0 Å². The van der Waals surface area contributed by atoms with Gasteiger partial charge >= 0.3 is 0 Å². The molecule has 2 fully saturated rings. The Morgan fingerprint density at radius 2 is 1.73 bits per heavy atom. The quantitative estimate of drug-likeness (QED) is 0.520. The van der Waals surface area contributed by atoms with E-state index in [9.17, 15) is 14.4 Å². The summed E-state index contributed by atoms with van der Waals surface area (Å²) in [6.45, 7) is 11.7. The first-order chi connectivity index (χ1) is 15.6. The van der Waals surface area contributed by atoms with E-state index >= 15 is 0 Å². The van der Waals surface area contributed by atoms with Gasteiger partial charge in [-0.1, -0.05) is 59.8 Å². The minimum absolute atomic E-state index is 0.0165. The van der Waals surface area contributed by atoms with Gasteiger partial charge < -0.3 is 20.4 Å². The fourth-order valence-electron chi connectivity index (χ4n) is 5.14. The summed E-state index contributed by atoms with van der Waals surface area (Å²) in [5.74, 6) is 0.699. The molecule has 3 amide bonds. The van der Waals surface area contributed by atoms with Crippen LogP contribution in [0, 0.1) is 11.3 Å². The Hall–Kier alpha value is -1.63. The van der Waals surface area contributed by atoms with Crippen LogP contribution in [0.4, 0.5) is 0 Å². The number of hydrogen-bond donors (Lipinski definition) is 2. The number of rotatable bonds is 10. The van der Waals surface area contributed by atoms with Crippen molar-refractivity contribution >= 4 is 17.7 Å². The van der Waals surface area contributed by atoms with E-state index in [-0.39, 0.29) is 29.8 Å². The summed E-state index contributed by atoms with van der Waals surface area (Å²) < 4.78 is 0. The van der Waals surface area contributed by atoms with E-state index < -0.39 is 11.5 Å². The van der Waals surface area contributed by atoms with Crippen LogP contribution >= 0.6 is 0 Å². The van der Waals surface area contributed by atoms with Gasteiger partial charge in [0.1, 0.15) is 6.04 Å². The average molecular weight is 465 g/mol. The van der Waals surface area contributed by atoms with Crippen LogP contribution in [0.3, 0.4) is 0 Å². The molecule has 1 heterocycles. The van der Waals surface area contributed by atoms with Gasteiger partial charge in [-0.3, -0.25) is 14.4 Å². The second-order valence-electron chi connectivity index (χ2n) is 11.1. The van der Waals surface area contributed by atoms with Crippen molar-refractivity contribution in [3.05, 3.63) is 0 Å². The van der Waals surface area contributed by atoms with E-state index in [1.54, 1.807) is 14.0 Å². The monoisotopic (exact) mass is 464 g/mol. The van der Waals surface area contributed by atoms with Crippen LogP contribution in [0.1, 0.15) is 92.4 Å². The van der Waals surface area contributed by atoms with Crippen LogP contribution in [0.15, 0.2) is 0 Å². The Balaban J connectivity index is 2.08. The van der Waals surface area contributed by atoms with Crippen molar-refractivity contribution in [2.45, 2.75) is 111 Å². The van der Waals surface area contributed by atoms with Crippen LogP contribution in [-0.2, 0) is 14.4 Å². The molecule has 2 aliphatic rings. The Bertz CT molecular complexity index is 654. The molecule has 0 bridgehead atoms. The predicted octanol–water partition coefficient (Wildman–Crippen LogP) is 3.33. The van der Waals surface area contributed by atoms with E-state index in [0.29, 0.717) is 19.5 Å². The SMILES string of the molecule is CCC(=O)N(CCC1CCCCC1)C[C@@H]1CCCN1C(=O)[C@@H](NC(=O)[C@H](C)NC)C(C)(C)C. The lowest BCUT2D eigenvalue weighted by Gasteiger charge is -2.38. The fourth-order valence-corrected chi connectivity index (χ4v) is 5.14. The Kier molecular flexibility index (Phi) is 10.6. The van der Waals surface area contributed by atoms with Gasteiger partial charge in [0.05, 0.1) is 6.04 Å². The zero-order chi connectivity index (χ0) is 24.6. The maximum Gasteiger partial charge on any atom is 0.246 e. The standard InChI is InChI=1S/C26H48N4O3/c1-7-22(31)29(17-15-20-12-9-8-10-13-20)18-21-14-11-16-30(21)25(33)23(26(3,4)5)28-24(32)19(2)27-6/h19-21,23,27H,7-18H2,1-6H3,(H,28,32)/t19-,21-,23+/m0/s1. The van der Waals surface area contributed by atoms with Gasteiger partial charge in [-0.2, -0.15) is 0 Å². The first-order valence-electron chi connectivity index (χ1n) is 13.1. The lowest BCUT2D eigenvalue weighted by molar-refractivity contribution is -0.142. The molecule has 7 heteroatoms. The Morgan fingerprint density at radius 3 is 2.30 bits per heavy atom. The summed E-state index contributed by atoms with van der Waals surface area (Å²) in [6.07, 6.45) is 9.91. The molecule has 1 aliphatic carbocycles. The highest BCUT2D eigenvalue weighted by Gasteiger charge is 2.40. The number of carbonyl (C=O) groups is 3. The molecular formula is C26H48N4O3. The molecule has 0 unspecified atom stereocenters. The van der Waals surface area contributed by atoms with Crippen LogP contribution in [-0.4, -0.2) is 72.3 Å². The maximum atomic E-state index is 13.7. The first kappa shape index (κ1) is 27.6. The minimum Gasteiger partial charge on any atom is -0.342 e. The van der Waals surface area contributed by atoms with Gasteiger partial charge in [0.15, 0.2) is 0 Å². The van der Waals surface area contributed by atoms with Crippen LogP contribution < -0.4 is 10.6 Å². The highest BCUT2D eigenvalue weighted by Crippen LogP contribution is 2.28. The van der Waals surface area contributed by atoms with E-state index in [2.05, 4.69) is 10.6 Å². The van der Waals surface area contributed by atoms with E-state index in [1.165, 1.54) is 32.1 Å². The molecule has 0 radical (unpaired) electrons. The highest BCUT2D eigenvalue weighted by molar-refractivity contribution is 5.90. The number of amides is 3. The number of likely N-dealkylation sites (N-methyl/N-ethyl adjacent to an activating group) is 1. The van der Waals surface area contributed by atoms with Crippen LogP contribution in [0.2, 0.25) is 0 Å². The van der Waals surface area contributed by atoms with E-state index in [1.807, 2.05) is 37.5 Å². The third-order valence-electron chi connectivity index (χ3n) is 7.50. The number of carbonyl (C=O) groups excluding carboxylic acids is 3. The summed E-state index contributed by atoms with van der Waals surface area (Å²) in [4.78, 5) is 42.9. The molecule has 1 saturated heterocycles. The molecule has 190 valence electrons.